The number of hydrogen-bond acceptors (Lipinski definition) is 4. The maximum atomic E-state index is 12.4. The van der Waals surface area contributed by atoms with Crippen molar-refractivity contribution in [2.24, 2.45) is 0 Å². The van der Waals surface area contributed by atoms with E-state index >= 15 is 0 Å². The molecule has 2 aromatic carbocycles. The van der Waals surface area contributed by atoms with Gasteiger partial charge in [0, 0.05) is 43.3 Å². The third-order valence-corrected chi connectivity index (χ3v) is 4.39. The summed E-state index contributed by atoms with van der Waals surface area (Å²) in [6.45, 7) is 4.21. The van der Waals surface area contributed by atoms with Crippen LogP contribution in [0.5, 0.6) is 0 Å². The maximum absolute atomic E-state index is 12.4. The lowest BCUT2D eigenvalue weighted by atomic mass is 10.1. The summed E-state index contributed by atoms with van der Waals surface area (Å²) >= 11 is 6.02. The molecule has 7 nitrogen and oxygen atoms in total. The van der Waals surface area contributed by atoms with Gasteiger partial charge in [0.15, 0.2) is 0 Å². The van der Waals surface area contributed by atoms with Gasteiger partial charge in [-0.2, -0.15) is 0 Å². The summed E-state index contributed by atoms with van der Waals surface area (Å²) in [6.07, 6.45) is 0. The number of piperazine rings is 1. The van der Waals surface area contributed by atoms with Crippen LogP contribution < -0.4 is 0 Å². The highest BCUT2D eigenvalue weighted by Gasteiger charge is 2.21. The van der Waals surface area contributed by atoms with Gasteiger partial charge in [-0.1, -0.05) is 41.9 Å². The second-order valence-electron chi connectivity index (χ2n) is 6.17. The van der Waals surface area contributed by atoms with Crippen LogP contribution in [0.4, 0.5) is 0 Å². The second kappa shape index (κ2) is 10.4. The standard InChI is InChI=1S/C18H19ClN2O.C2H2O4/c19-17-8-4-5-15(13-17)14-20-9-11-21(12-10-20)18(22)16-6-2-1-3-7-16;3-1(4)2(5)6/h1-8,13H,9-12,14H2;(H,3,4)(H,5,6). The average molecular weight is 405 g/mol. The predicted octanol–water partition coefficient (Wildman–Crippen LogP) is 2.45. The second-order valence-corrected chi connectivity index (χ2v) is 6.61. The van der Waals surface area contributed by atoms with Crippen molar-refractivity contribution in [2.75, 3.05) is 26.2 Å². The zero-order valence-electron chi connectivity index (χ0n) is 15.1. The Balaban J connectivity index is 0.000000409. The van der Waals surface area contributed by atoms with Crippen molar-refractivity contribution in [1.82, 2.24) is 9.80 Å². The van der Waals surface area contributed by atoms with E-state index in [0.717, 1.165) is 43.3 Å². The van der Waals surface area contributed by atoms with Crippen LogP contribution >= 0.6 is 11.6 Å². The molecule has 1 fully saturated rings. The zero-order valence-corrected chi connectivity index (χ0v) is 15.9. The summed E-state index contributed by atoms with van der Waals surface area (Å²) in [4.78, 5) is 34.9. The van der Waals surface area contributed by atoms with Crippen LogP contribution in [-0.4, -0.2) is 64.0 Å². The molecule has 0 atom stereocenters. The number of amides is 1. The number of nitrogens with zero attached hydrogens (tertiary/aromatic N) is 2. The zero-order chi connectivity index (χ0) is 20.5. The molecule has 3 rings (SSSR count). The number of carbonyl (C=O) groups excluding carboxylic acids is 1. The number of halogens is 1. The summed E-state index contributed by atoms with van der Waals surface area (Å²) in [5.74, 6) is -3.52. The fourth-order valence-corrected chi connectivity index (χ4v) is 2.98. The first-order valence-corrected chi connectivity index (χ1v) is 9.02. The van der Waals surface area contributed by atoms with Crippen LogP contribution in [0.25, 0.3) is 0 Å². The van der Waals surface area contributed by atoms with Gasteiger partial charge in [-0.05, 0) is 29.8 Å². The van der Waals surface area contributed by atoms with Crippen LogP contribution in [-0.2, 0) is 16.1 Å². The molecular weight excluding hydrogens is 384 g/mol. The molecule has 0 aliphatic carbocycles. The summed E-state index contributed by atoms with van der Waals surface area (Å²) in [7, 11) is 0. The molecule has 0 radical (unpaired) electrons. The number of benzene rings is 2. The first-order chi connectivity index (χ1) is 13.4. The third-order valence-electron chi connectivity index (χ3n) is 4.16. The van der Waals surface area contributed by atoms with E-state index in [1.807, 2.05) is 53.4 Å². The first-order valence-electron chi connectivity index (χ1n) is 8.64. The molecule has 2 N–H and O–H groups in total. The molecule has 148 valence electrons. The van der Waals surface area contributed by atoms with Gasteiger partial charge < -0.3 is 15.1 Å². The summed E-state index contributed by atoms with van der Waals surface area (Å²) in [6, 6.07) is 17.5. The lowest BCUT2D eigenvalue weighted by Gasteiger charge is -2.34. The topological polar surface area (TPSA) is 98.1 Å². The molecule has 1 saturated heterocycles. The average Bonchev–Trinajstić information content (AvgIpc) is 2.69. The molecule has 28 heavy (non-hydrogen) atoms. The minimum atomic E-state index is -1.82. The quantitative estimate of drug-likeness (QED) is 0.762. The lowest BCUT2D eigenvalue weighted by molar-refractivity contribution is -0.159. The molecule has 2 aromatic rings. The summed E-state index contributed by atoms with van der Waals surface area (Å²) in [5.41, 5.74) is 1.99. The smallest absolute Gasteiger partial charge is 0.414 e. The third kappa shape index (κ3) is 6.68. The van der Waals surface area contributed by atoms with Gasteiger partial charge in [0.2, 0.25) is 0 Å². The van der Waals surface area contributed by atoms with Gasteiger partial charge in [-0.15, -0.1) is 0 Å². The van der Waals surface area contributed by atoms with Crippen molar-refractivity contribution >= 4 is 29.4 Å². The van der Waals surface area contributed by atoms with Gasteiger partial charge in [-0.3, -0.25) is 9.69 Å². The van der Waals surface area contributed by atoms with E-state index in [0.29, 0.717) is 0 Å². The highest BCUT2D eigenvalue weighted by molar-refractivity contribution is 6.30. The molecule has 1 amide bonds. The maximum Gasteiger partial charge on any atom is 0.414 e. The Morgan fingerprint density at radius 3 is 2.00 bits per heavy atom. The Hall–Kier alpha value is -2.90. The van der Waals surface area contributed by atoms with E-state index in [9.17, 15) is 4.79 Å². The molecular formula is C20H21ClN2O5. The Morgan fingerprint density at radius 1 is 0.857 bits per heavy atom. The van der Waals surface area contributed by atoms with Crippen molar-refractivity contribution in [1.29, 1.82) is 0 Å². The molecule has 0 saturated carbocycles. The summed E-state index contributed by atoms with van der Waals surface area (Å²) in [5, 5.41) is 15.6. The van der Waals surface area contributed by atoms with Crippen LogP contribution in [0, 0.1) is 0 Å². The number of hydrogen-bond donors (Lipinski definition) is 2. The highest BCUT2D eigenvalue weighted by atomic mass is 35.5. The molecule has 1 aliphatic rings. The molecule has 0 bridgehead atoms. The number of carboxylic acid groups (broad SMARTS) is 2. The monoisotopic (exact) mass is 404 g/mol. The van der Waals surface area contributed by atoms with Crippen molar-refractivity contribution in [3.63, 3.8) is 0 Å². The SMILES string of the molecule is O=C(O)C(=O)O.O=C(c1ccccc1)N1CCN(Cc2cccc(Cl)c2)CC1. The Bertz CT molecular complexity index is 808. The Morgan fingerprint density at radius 2 is 1.46 bits per heavy atom. The molecule has 0 unspecified atom stereocenters. The first kappa shape index (κ1) is 21.4. The number of carbonyl (C=O) groups is 3. The van der Waals surface area contributed by atoms with Gasteiger partial charge >= 0.3 is 11.9 Å². The highest BCUT2D eigenvalue weighted by Crippen LogP contribution is 2.15. The van der Waals surface area contributed by atoms with Crippen molar-refractivity contribution in [3.8, 4) is 0 Å². The number of rotatable bonds is 3. The predicted molar refractivity (Wildman–Crippen MR) is 104 cm³/mol. The van der Waals surface area contributed by atoms with Crippen molar-refractivity contribution in [3.05, 3.63) is 70.7 Å². The molecule has 8 heteroatoms. The number of carboxylic acids is 2. The Kier molecular flexibility index (Phi) is 7.98. The molecule has 0 aromatic heterocycles. The van der Waals surface area contributed by atoms with E-state index in [1.54, 1.807) is 0 Å². The minimum absolute atomic E-state index is 0.128. The van der Waals surface area contributed by atoms with Gasteiger partial charge in [0.05, 0.1) is 0 Å². The molecule has 0 spiro atoms. The van der Waals surface area contributed by atoms with E-state index in [1.165, 1.54) is 5.56 Å². The van der Waals surface area contributed by atoms with Crippen LogP contribution in [0.2, 0.25) is 5.02 Å². The van der Waals surface area contributed by atoms with E-state index in [-0.39, 0.29) is 5.91 Å². The van der Waals surface area contributed by atoms with Gasteiger partial charge in [0.25, 0.3) is 5.91 Å². The minimum Gasteiger partial charge on any atom is -0.473 e. The largest absolute Gasteiger partial charge is 0.473 e. The number of aliphatic carboxylic acids is 2. The van der Waals surface area contributed by atoms with Gasteiger partial charge in [0.1, 0.15) is 0 Å². The fourth-order valence-electron chi connectivity index (χ4n) is 2.77. The lowest BCUT2D eigenvalue weighted by Crippen LogP contribution is -2.48. The van der Waals surface area contributed by atoms with Gasteiger partial charge in [-0.25, -0.2) is 9.59 Å². The van der Waals surface area contributed by atoms with Crippen LogP contribution in [0.15, 0.2) is 54.6 Å². The molecule has 1 aliphatic heterocycles. The Labute approximate surface area is 167 Å². The van der Waals surface area contributed by atoms with Crippen molar-refractivity contribution < 1.29 is 24.6 Å². The summed E-state index contributed by atoms with van der Waals surface area (Å²) < 4.78 is 0. The van der Waals surface area contributed by atoms with E-state index in [4.69, 9.17) is 31.4 Å². The molecule has 1 heterocycles. The van der Waals surface area contributed by atoms with Crippen LogP contribution in [0.1, 0.15) is 15.9 Å². The van der Waals surface area contributed by atoms with Crippen molar-refractivity contribution in [2.45, 2.75) is 6.54 Å². The fraction of sp³-hybridized carbons (Fsp3) is 0.250. The van der Waals surface area contributed by atoms with E-state index < -0.39 is 11.9 Å². The normalized spacial score (nSPS) is 14.0. The van der Waals surface area contributed by atoms with Crippen LogP contribution in [0.3, 0.4) is 0 Å². The van der Waals surface area contributed by atoms with E-state index in [2.05, 4.69) is 11.0 Å².